The average Bonchev–Trinajstić information content (AvgIpc) is 2.46. The van der Waals surface area contributed by atoms with Gasteiger partial charge in [0.25, 0.3) is 0 Å². The fourth-order valence-corrected chi connectivity index (χ4v) is 3.29. The number of halogens is 3. The molecule has 0 spiro atoms. The molecule has 1 aromatic carbocycles. The van der Waals surface area contributed by atoms with Crippen LogP contribution in [0.15, 0.2) is 24.3 Å². The molecule has 1 fully saturated rings. The van der Waals surface area contributed by atoms with Crippen LogP contribution in [-0.2, 0) is 6.54 Å². The molecule has 0 bridgehead atoms. The first-order valence-electron chi connectivity index (χ1n) is 7.34. The molecule has 2 aliphatic heterocycles. The largest absolute Gasteiger partial charge is 0.401 e. The molecule has 6 heteroatoms. The summed E-state index contributed by atoms with van der Waals surface area (Å²) >= 11 is 0. The smallest absolute Gasteiger partial charge is 0.311 e. The number of hydrogen-bond acceptors (Lipinski definition) is 3. The van der Waals surface area contributed by atoms with Gasteiger partial charge in [0.15, 0.2) is 0 Å². The summed E-state index contributed by atoms with van der Waals surface area (Å²) in [6.07, 6.45) is -4.10. The minimum absolute atomic E-state index is 0.281. The van der Waals surface area contributed by atoms with Crippen LogP contribution in [0.4, 0.5) is 13.2 Å². The van der Waals surface area contributed by atoms with Gasteiger partial charge in [-0.25, -0.2) is 0 Å². The second-order valence-corrected chi connectivity index (χ2v) is 5.77. The number of nitrogens with zero attached hydrogens (tertiary/aromatic N) is 2. The van der Waals surface area contributed by atoms with Gasteiger partial charge < -0.3 is 5.32 Å². The number of piperazine rings is 1. The Kier molecular flexibility index (Phi) is 4.19. The van der Waals surface area contributed by atoms with E-state index in [1.807, 2.05) is 12.1 Å². The van der Waals surface area contributed by atoms with Gasteiger partial charge in [-0.15, -0.1) is 0 Å². The van der Waals surface area contributed by atoms with E-state index < -0.39 is 12.7 Å². The molecule has 1 saturated heterocycles. The molecular weight excluding hydrogens is 279 g/mol. The Balaban J connectivity index is 1.63. The molecule has 21 heavy (non-hydrogen) atoms. The maximum absolute atomic E-state index is 12.4. The summed E-state index contributed by atoms with van der Waals surface area (Å²) in [5.41, 5.74) is 2.62. The Bertz CT molecular complexity index is 481. The summed E-state index contributed by atoms with van der Waals surface area (Å²) in [6.45, 7) is 3.31. The van der Waals surface area contributed by atoms with Crippen molar-refractivity contribution < 1.29 is 13.2 Å². The van der Waals surface area contributed by atoms with Crippen LogP contribution in [0.3, 0.4) is 0 Å². The number of alkyl halides is 3. The zero-order chi connectivity index (χ0) is 14.9. The fourth-order valence-electron chi connectivity index (χ4n) is 3.29. The van der Waals surface area contributed by atoms with E-state index in [2.05, 4.69) is 22.3 Å². The molecule has 2 aliphatic rings. The van der Waals surface area contributed by atoms with Crippen LogP contribution in [0.2, 0.25) is 0 Å². The van der Waals surface area contributed by atoms with Gasteiger partial charge in [0.1, 0.15) is 0 Å². The monoisotopic (exact) mass is 299 g/mol. The summed E-state index contributed by atoms with van der Waals surface area (Å²) < 4.78 is 37.3. The molecule has 116 valence electrons. The Morgan fingerprint density at radius 1 is 1.10 bits per heavy atom. The molecule has 1 atom stereocenters. The number of nitrogens with one attached hydrogen (secondary N) is 1. The van der Waals surface area contributed by atoms with E-state index in [9.17, 15) is 13.2 Å². The van der Waals surface area contributed by atoms with Gasteiger partial charge in [-0.05, 0) is 11.1 Å². The van der Waals surface area contributed by atoms with Gasteiger partial charge in [-0.2, -0.15) is 13.2 Å². The van der Waals surface area contributed by atoms with Crippen LogP contribution in [-0.4, -0.2) is 55.2 Å². The number of hydrogen-bond donors (Lipinski definition) is 1. The van der Waals surface area contributed by atoms with Crippen molar-refractivity contribution in [1.82, 2.24) is 15.1 Å². The summed E-state index contributed by atoms with van der Waals surface area (Å²) in [5, 5.41) is 3.40. The number of fused-ring (bicyclic) bond motifs is 1. The molecule has 1 unspecified atom stereocenters. The van der Waals surface area contributed by atoms with Crippen molar-refractivity contribution in [3.8, 4) is 0 Å². The highest BCUT2D eigenvalue weighted by molar-refractivity contribution is 5.32. The van der Waals surface area contributed by atoms with E-state index in [0.717, 1.165) is 13.1 Å². The van der Waals surface area contributed by atoms with E-state index in [0.29, 0.717) is 26.2 Å². The van der Waals surface area contributed by atoms with E-state index in [1.54, 1.807) is 0 Å². The van der Waals surface area contributed by atoms with E-state index in [4.69, 9.17) is 0 Å². The van der Waals surface area contributed by atoms with Gasteiger partial charge in [0.2, 0.25) is 0 Å². The third-order valence-corrected chi connectivity index (χ3v) is 4.32. The van der Waals surface area contributed by atoms with Gasteiger partial charge in [-0.1, -0.05) is 24.3 Å². The maximum Gasteiger partial charge on any atom is 0.401 e. The van der Waals surface area contributed by atoms with Crippen molar-refractivity contribution in [2.45, 2.75) is 18.8 Å². The topological polar surface area (TPSA) is 18.5 Å². The summed E-state index contributed by atoms with van der Waals surface area (Å²) in [5.74, 6) is 0. The minimum Gasteiger partial charge on any atom is -0.311 e. The quantitative estimate of drug-likeness (QED) is 0.901. The molecule has 0 aromatic heterocycles. The third-order valence-electron chi connectivity index (χ3n) is 4.32. The van der Waals surface area contributed by atoms with E-state index in [-0.39, 0.29) is 6.04 Å². The zero-order valence-corrected chi connectivity index (χ0v) is 11.9. The Hall–Kier alpha value is -1.11. The summed E-state index contributed by atoms with van der Waals surface area (Å²) in [7, 11) is 0. The predicted molar refractivity (Wildman–Crippen MR) is 75.0 cm³/mol. The molecule has 3 nitrogen and oxygen atoms in total. The van der Waals surface area contributed by atoms with Gasteiger partial charge in [0.05, 0.1) is 6.54 Å². The molecule has 2 heterocycles. The highest BCUT2D eigenvalue weighted by Gasteiger charge is 2.34. The van der Waals surface area contributed by atoms with Crippen molar-refractivity contribution in [2.75, 3.05) is 39.3 Å². The van der Waals surface area contributed by atoms with Crippen LogP contribution < -0.4 is 5.32 Å². The Labute approximate surface area is 122 Å². The molecule has 0 radical (unpaired) electrons. The summed E-state index contributed by atoms with van der Waals surface area (Å²) in [4.78, 5) is 3.80. The van der Waals surface area contributed by atoms with Crippen molar-refractivity contribution in [3.63, 3.8) is 0 Å². The van der Waals surface area contributed by atoms with Gasteiger partial charge in [-0.3, -0.25) is 9.80 Å². The molecule has 0 saturated carbocycles. The highest BCUT2D eigenvalue weighted by atomic mass is 19.4. The molecular formula is C15H20F3N3. The first-order valence-corrected chi connectivity index (χ1v) is 7.34. The summed E-state index contributed by atoms with van der Waals surface area (Å²) in [6, 6.07) is 8.61. The first kappa shape index (κ1) is 14.8. The van der Waals surface area contributed by atoms with Crippen LogP contribution in [0.1, 0.15) is 17.2 Å². The number of rotatable bonds is 2. The van der Waals surface area contributed by atoms with E-state index >= 15 is 0 Å². The highest BCUT2D eigenvalue weighted by Crippen LogP contribution is 2.28. The second-order valence-electron chi connectivity index (χ2n) is 5.77. The fraction of sp³-hybridized carbons (Fsp3) is 0.600. The SMILES string of the molecule is FC(F)(F)CN1CCN(C2CNCc3ccccc32)CC1. The molecule has 3 rings (SSSR count). The van der Waals surface area contributed by atoms with Crippen molar-refractivity contribution >= 4 is 0 Å². The lowest BCUT2D eigenvalue weighted by Crippen LogP contribution is -2.52. The lowest BCUT2D eigenvalue weighted by molar-refractivity contribution is -0.149. The van der Waals surface area contributed by atoms with Crippen LogP contribution >= 0.6 is 0 Å². The lowest BCUT2D eigenvalue weighted by Gasteiger charge is -2.41. The zero-order valence-electron chi connectivity index (χ0n) is 11.9. The third kappa shape index (κ3) is 3.56. The Morgan fingerprint density at radius 2 is 1.81 bits per heavy atom. The average molecular weight is 299 g/mol. The van der Waals surface area contributed by atoms with Crippen molar-refractivity contribution in [1.29, 1.82) is 0 Å². The normalized spacial score (nSPS) is 24.8. The van der Waals surface area contributed by atoms with Gasteiger partial charge >= 0.3 is 6.18 Å². The predicted octanol–water partition coefficient (Wildman–Crippen LogP) is 2.01. The second kappa shape index (κ2) is 5.94. The molecule has 0 amide bonds. The maximum atomic E-state index is 12.4. The van der Waals surface area contributed by atoms with Crippen molar-refractivity contribution in [2.24, 2.45) is 0 Å². The van der Waals surface area contributed by atoms with Crippen LogP contribution in [0, 0.1) is 0 Å². The van der Waals surface area contributed by atoms with Crippen LogP contribution in [0.5, 0.6) is 0 Å². The van der Waals surface area contributed by atoms with E-state index in [1.165, 1.54) is 16.0 Å². The van der Waals surface area contributed by atoms with Crippen molar-refractivity contribution in [3.05, 3.63) is 35.4 Å². The molecule has 1 N–H and O–H groups in total. The van der Waals surface area contributed by atoms with Gasteiger partial charge in [0, 0.05) is 45.3 Å². The first-order chi connectivity index (χ1) is 10.0. The lowest BCUT2D eigenvalue weighted by atomic mass is 9.95. The molecule has 0 aliphatic carbocycles. The van der Waals surface area contributed by atoms with Crippen LogP contribution in [0.25, 0.3) is 0 Å². The molecule has 1 aromatic rings. The Morgan fingerprint density at radius 3 is 2.52 bits per heavy atom. The number of benzene rings is 1. The minimum atomic E-state index is -4.10. The standard InChI is InChI=1S/C15H20F3N3/c16-15(17,18)11-20-5-7-21(8-6-20)14-10-19-9-12-3-1-2-4-13(12)14/h1-4,14,19H,5-11H2.